The average molecular weight is 800 g/mol. The summed E-state index contributed by atoms with van der Waals surface area (Å²) in [5.41, 5.74) is 34.8. The molecule has 0 saturated heterocycles. The van der Waals surface area contributed by atoms with Crippen LogP contribution in [-0.4, -0.2) is 93.3 Å². The van der Waals surface area contributed by atoms with Gasteiger partial charge in [0.25, 0.3) is 0 Å². The van der Waals surface area contributed by atoms with Crippen molar-refractivity contribution in [1.29, 1.82) is 0 Å². The summed E-state index contributed by atoms with van der Waals surface area (Å²) in [4.78, 5) is 56.2. The number of rotatable bonds is 17. The maximum atomic E-state index is 9.99. The highest BCUT2D eigenvalue weighted by Gasteiger charge is 2.13. The van der Waals surface area contributed by atoms with E-state index < -0.39 is 36.0 Å². The van der Waals surface area contributed by atoms with E-state index in [1.807, 2.05) is 0 Å². The summed E-state index contributed by atoms with van der Waals surface area (Å²) in [6.07, 6.45) is 3.23. The standard InChI is InChI=1S/C22H30Cl2N10.2C5H9NO4/c23-15-5-9-17(10-6-15)31-21(27)33-19(25)29-13-3-1-2-4-14-30-20(26)34-22(28)32-18-11-7-16(24)8-12-18;2*6-3(5(9)10)1-2-4(7)8/h5-12H,1-4,13-14H2,(H5,25,27,29,31,33)(H5,26,28,30,32,34);2*3H,1-2,6H2,(H,7,8)(H,9,10)/t;2*3-/m.00/s1. The van der Waals surface area contributed by atoms with Crippen LogP contribution in [-0.2, 0) is 19.2 Å². The fraction of sp³-hybridized carbons (Fsp3) is 0.375. The minimum Gasteiger partial charge on any atom is -0.481 e. The highest BCUT2D eigenvalue weighted by Crippen LogP contribution is 2.14. The van der Waals surface area contributed by atoms with Gasteiger partial charge in [-0.2, -0.15) is 9.98 Å². The molecule has 22 heteroatoms. The van der Waals surface area contributed by atoms with Crippen molar-refractivity contribution >= 4 is 82.3 Å². The number of aliphatic imine (C=N–C) groups is 4. The van der Waals surface area contributed by atoms with Crippen LogP contribution in [0.2, 0.25) is 10.0 Å². The van der Waals surface area contributed by atoms with Crippen LogP contribution in [0.3, 0.4) is 0 Å². The molecule has 2 atom stereocenters. The average Bonchev–Trinajstić information content (AvgIpc) is 3.09. The maximum absolute atomic E-state index is 9.99. The van der Waals surface area contributed by atoms with Gasteiger partial charge in [0.15, 0.2) is 0 Å². The normalized spacial score (nSPS) is 12.9. The summed E-state index contributed by atoms with van der Waals surface area (Å²) in [7, 11) is 0. The summed E-state index contributed by atoms with van der Waals surface area (Å²) >= 11 is 11.7. The molecular weight excluding hydrogens is 751 g/mol. The van der Waals surface area contributed by atoms with Crippen LogP contribution in [0.15, 0.2) is 68.5 Å². The number of carboxylic acids is 4. The molecule has 0 saturated carbocycles. The Morgan fingerprint density at radius 1 is 0.574 bits per heavy atom. The van der Waals surface area contributed by atoms with Crippen molar-refractivity contribution in [2.75, 3.05) is 23.7 Å². The first-order valence-corrected chi connectivity index (χ1v) is 16.9. The second kappa shape index (κ2) is 27.9. The minimum atomic E-state index is -1.17. The van der Waals surface area contributed by atoms with E-state index >= 15 is 0 Å². The van der Waals surface area contributed by atoms with Crippen molar-refractivity contribution < 1.29 is 39.6 Å². The lowest BCUT2D eigenvalue weighted by Crippen LogP contribution is -2.30. The van der Waals surface area contributed by atoms with Gasteiger partial charge in [0, 0.05) is 47.4 Å². The molecule has 2 aromatic rings. The van der Waals surface area contributed by atoms with Gasteiger partial charge in [-0.25, -0.2) is 0 Å². The zero-order chi connectivity index (χ0) is 41.1. The van der Waals surface area contributed by atoms with Crippen LogP contribution < -0.4 is 45.0 Å². The number of aliphatic carboxylic acids is 4. The molecule has 298 valence electrons. The quantitative estimate of drug-likeness (QED) is 0.0617. The van der Waals surface area contributed by atoms with E-state index in [1.165, 1.54) is 0 Å². The van der Waals surface area contributed by atoms with Crippen LogP contribution in [0.25, 0.3) is 0 Å². The second-order valence-electron chi connectivity index (χ2n) is 10.9. The van der Waals surface area contributed by atoms with Crippen molar-refractivity contribution in [3.05, 3.63) is 58.6 Å². The van der Waals surface area contributed by atoms with Gasteiger partial charge in [-0.3, -0.25) is 29.2 Å². The molecule has 0 bridgehead atoms. The largest absolute Gasteiger partial charge is 0.481 e. The molecule has 0 aromatic heterocycles. The van der Waals surface area contributed by atoms with E-state index in [4.69, 9.17) is 78.0 Å². The molecule has 18 N–H and O–H groups in total. The topological polar surface area (TPSA) is 379 Å². The fourth-order valence-electron chi connectivity index (χ4n) is 3.50. The van der Waals surface area contributed by atoms with E-state index in [-0.39, 0.29) is 49.5 Å². The molecule has 2 rings (SSSR count). The summed E-state index contributed by atoms with van der Waals surface area (Å²) in [5.74, 6) is -3.83. The van der Waals surface area contributed by atoms with Gasteiger partial charge in [0.1, 0.15) is 12.1 Å². The monoisotopic (exact) mass is 798 g/mol. The van der Waals surface area contributed by atoms with Gasteiger partial charge >= 0.3 is 23.9 Å². The van der Waals surface area contributed by atoms with E-state index in [1.54, 1.807) is 48.5 Å². The van der Waals surface area contributed by atoms with Crippen LogP contribution in [0, 0.1) is 0 Å². The first-order chi connectivity index (χ1) is 25.4. The Kier molecular flexibility index (Phi) is 24.9. The highest BCUT2D eigenvalue weighted by atomic mass is 35.5. The van der Waals surface area contributed by atoms with Crippen molar-refractivity contribution in [3.63, 3.8) is 0 Å². The molecule has 0 heterocycles. The van der Waals surface area contributed by atoms with E-state index in [2.05, 4.69) is 30.6 Å². The lowest BCUT2D eigenvalue weighted by molar-refractivity contribution is -0.141. The Hall–Kier alpha value is -5.70. The van der Waals surface area contributed by atoms with Gasteiger partial charge in [0.05, 0.1) is 0 Å². The van der Waals surface area contributed by atoms with Crippen molar-refractivity contribution in [2.45, 2.75) is 63.5 Å². The van der Waals surface area contributed by atoms with Crippen molar-refractivity contribution in [1.82, 2.24) is 0 Å². The maximum Gasteiger partial charge on any atom is 0.320 e. The number of nitrogens with two attached hydrogens (primary N) is 6. The molecule has 0 aliphatic carbocycles. The Morgan fingerprint density at radius 2 is 0.889 bits per heavy atom. The molecule has 0 aliphatic heterocycles. The number of carbonyl (C=O) groups is 4. The van der Waals surface area contributed by atoms with E-state index in [0.717, 1.165) is 37.1 Å². The lowest BCUT2D eigenvalue weighted by Gasteiger charge is -2.05. The number of halogens is 2. The summed E-state index contributed by atoms with van der Waals surface area (Å²) in [6.45, 7) is 1.12. The number of anilines is 2. The molecule has 20 nitrogen and oxygen atoms in total. The number of nitrogens with one attached hydrogen (secondary N) is 2. The SMILES string of the molecule is NC(=NCCCCCCN=C(N)N=C(N)Nc1ccc(Cl)cc1)N=C(N)Nc1ccc(Cl)cc1.N[C@@H](CCC(=O)O)C(=O)O.N[C@@H](CCC(=O)O)C(=O)O. The Labute approximate surface area is 321 Å². The number of unbranched alkanes of at least 4 members (excludes halogenated alkanes) is 3. The molecular formula is C32H48Cl2N12O8. The lowest BCUT2D eigenvalue weighted by atomic mass is 10.2. The number of benzene rings is 2. The Morgan fingerprint density at radius 3 is 1.17 bits per heavy atom. The third-order valence-electron chi connectivity index (χ3n) is 6.29. The first-order valence-electron chi connectivity index (χ1n) is 16.1. The molecule has 0 amide bonds. The Bertz CT molecular complexity index is 1470. The van der Waals surface area contributed by atoms with Crippen molar-refractivity contribution in [2.24, 2.45) is 54.4 Å². The van der Waals surface area contributed by atoms with Crippen molar-refractivity contribution in [3.8, 4) is 0 Å². The van der Waals surface area contributed by atoms with Crippen LogP contribution in [0.4, 0.5) is 11.4 Å². The predicted octanol–water partition coefficient (Wildman–Crippen LogP) is 1.86. The van der Waals surface area contributed by atoms with Gasteiger partial charge < -0.3 is 65.5 Å². The molecule has 54 heavy (non-hydrogen) atoms. The summed E-state index contributed by atoms with van der Waals surface area (Å²) in [6, 6.07) is 12.0. The third kappa shape index (κ3) is 27.0. The predicted molar refractivity (Wildman–Crippen MR) is 210 cm³/mol. The molecule has 2 aromatic carbocycles. The van der Waals surface area contributed by atoms with Gasteiger partial charge in [-0.05, 0) is 74.2 Å². The van der Waals surface area contributed by atoms with Gasteiger partial charge in [-0.15, -0.1) is 0 Å². The molecule has 0 fully saturated rings. The van der Waals surface area contributed by atoms with Crippen LogP contribution in [0.1, 0.15) is 51.4 Å². The van der Waals surface area contributed by atoms with Gasteiger partial charge in [-0.1, -0.05) is 36.0 Å². The molecule has 0 unspecified atom stereocenters. The fourth-order valence-corrected chi connectivity index (χ4v) is 3.76. The third-order valence-corrected chi connectivity index (χ3v) is 6.79. The van der Waals surface area contributed by atoms with E-state index in [0.29, 0.717) is 23.1 Å². The Balaban J connectivity index is 0.00000114. The number of carboxylic acid groups (broad SMARTS) is 4. The summed E-state index contributed by atoms with van der Waals surface area (Å²) in [5, 5.41) is 39.7. The number of hydrogen-bond acceptors (Lipinski definition) is 8. The number of hydrogen-bond donors (Lipinski definition) is 12. The number of guanidine groups is 4. The molecule has 0 radical (unpaired) electrons. The number of nitrogens with zero attached hydrogens (tertiary/aromatic N) is 4. The van der Waals surface area contributed by atoms with Gasteiger partial charge in [0.2, 0.25) is 23.8 Å². The first kappa shape index (κ1) is 48.3. The molecule has 0 spiro atoms. The smallest absolute Gasteiger partial charge is 0.320 e. The summed E-state index contributed by atoms with van der Waals surface area (Å²) < 4.78 is 0. The molecule has 0 aliphatic rings. The minimum absolute atomic E-state index is 0.0231. The van der Waals surface area contributed by atoms with Crippen LogP contribution >= 0.6 is 23.2 Å². The zero-order valence-corrected chi connectivity index (χ0v) is 30.8. The highest BCUT2D eigenvalue weighted by molar-refractivity contribution is 6.31. The zero-order valence-electron chi connectivity index (χ0n) is 29.3. The van der Waals surface area contributed by atoms with Crippen LogP contribution in [0.5, 0.6) is 0 Å². The van der Waals surface area contributed by atoms with E-state index in [9.17, 15) is 19.2 Å². The second-order valence-corrected chi connectivity index (χ2v) is 11.8.